The van der Waals surface area contributed by atoms with Crippen molar-refractivity contribution < 1.29 is 14.5 Å². The quantitative estimate of drug-likeness (QED) is 0.460. The highest BCUT2D eigenvalue weighted by molar-refractivity contribution is 7.71. The van der Waals surface area contributed by atoms with Crippen molar-refractivity contribution in [3.8, 4) is 0 Å². The van der Waals surface area contributed by atoms with Crippen LogP contribution >= 0.6 is 7.14 Å². The molecular weight excluding hydrogens is 459 g/mol. The van der Waals surface area contributed by atoms with Gasteiger partial charge in [-0.1, -0.05) is 25.0 Å². The highest BCUT2D eigenvalue weighted by Crippen LogP contribution is 2.54. The van der Waals surface area contributed by atoms with Gasteiger partial charge in [-0.25, -0.2) is 4.98 Å². The van der Waals surface area contributed by atoms with Crippen LogP contribution in [0, 0.1) is 5.41 Å². The van der Waals surface area contributed by atoms with Crippen molar-refractivity contribution in [2.24, 2.45) is 5.41 Å². The van der Waals surface area contributed by atoms with E-state index in [1.807, 2.05) is 37.0 Å². The average molecular weight is 497 g/mol. The fourth-order valence-electron chi connectivity index (χ4n) is 5.68. The summed E-state index contributed by atoms with van der Waals surface area (Å²) in [5, 5.41) is 16.2. The number of aliphatic hydroxyl groups is 1. The zero-order chi connectivity index (χ0) is 24.5. The molecule has 1 atom stereocenters. The molecule has 1 unspecified atom stereocenters. The number of amides is 1. The van der Waals surface area contributed by atoms with E-state index in [0.717, 1.165) is 56.9 Å². The minimum atomic E-state index is -2.49. The minimum absolute atomic E-state index is 0.0178. The molecule has 1 aliphatic heterocycles. The third-order valence-corrected chi connectivity index (χ3v) is 11.5. The smallest absolute Gasteiger partial charge is 0.259 e. The maximum Gasteiger partial charge on any atom is 0.259 e. The standard InChI is InChI=1S/C27H37N4O3P/c1-35(34,21-6-2-3-7-21)22-8-4-5-20(19-22)29-26(33)23-9-10-24(28-15-18-32)30-25(23)31-16-13-27(11-12-27)14-17-31/h4-5,8-10,19,21,32H,2-3,6-7,11-18H2,1H3,(H,28,30)(H,29,33). The Morgan fingerprint density at radius 2 is 1.89 bits per heavy atom. The Hall–Kier alpha value is -2.37. The summed E-state index contributed by atoms with van der Waals surface area (Å²) in [5.74, 6) is 1.13. The molecule has 3 fully saturated rings. The highest BCUT2D eigenvalue weighted by atomic mass is 31.2. The molecule has 5 rings (SSSR count). The lowest BCUT2D eigenvalue weighted by molar-refractivity contribution is 0.102. The Morgan fingerprint density at radius 1 is 1.14 bits per heavy atom. The van der Waals surface area contributed by atoms with Crippen LogP contribution in [0.25, 0.3) is 0 Å². The Bertz CT molecular complexity index is 1120. The number of aliphatic hydroxyl groups excluding tert-OH is 1. The second-order valence-electron chi connectivity index (χ2n) is 10.6. The van der Waals surface area contributed by atoms with Crippen molar-refractivity contribution in [1.29, 1.82) is 0 Å². The molecular formula is C27H37N4O3P. The van der Waals surface area contributed by atoms with Crippen molar-refractivity contribution in [1.82, 2.24) is 4.98 Å². The maximum absolute atomic E-state index is 13.6. The number of carbonyl (C=O) groups is 1. The van der Waals surface area contributed by atoms with Crippen molar-refractivity contribution in [2.45, 2.75) is 57.0 Å². The van der Waals surface area contributed by atoms with Gasteiger partial charge < -0.3 is 25.2 Å². The lowest BCUT2D eigenvalue weighted by Gasteiger charge is -2.34. The molecule has 0 radical (unpaired) electrons. The van der Waals surface area contributed by atoms with Crippen LogP contribution in [0.1, 0.15) is 61.7 Å². The Balaban J connectivity index is 1.37. The van der Waals surface area contributed by atoms with Gasteiger partial charge in [0.05, 0.1) is 12.2 Å². The minimum Gasteiger partial charge on any atom is -0.395 e. The van der Waals surface area contributed by atoms with E-state index in [1.54, 1.807) is 6.07 Å². The molecule has 8 heteroatoms. The lowest BCUT2D eigenvalue weighted by Crippen LogP contribution is -2.36. The van der Waals surface area contributed by atoms with E-state index in [1.165, 1.54) is 12.8 Å². The fourth-order valence-corrected chi connectivity index (χ4v) is 8.23. The first-order valence-electron chi connectivity index (χ1n) is 13.0. The molecule has 1 spiro atoms. The van der Waals surface area contributed by atoms with Crippen LogP contribution in [-0.4, -0.2) is 54.6 Å². The molecule has 1 amide bonds. The molecule has 1 saturated heterocycles. The van der Waals surface area contributed by atoms with Crippen LogP contribution < -0.4 is 20.8 Å². The molecule has 35 heavy (non-hydrogen) atoms. The van der Waals surface area contributed by atoms with Crippen LogP contribution in [-0.2, 0) is 4.57 Å². The third kappa shape index (κ3) is 5.26. The zero-order valence-electron chi connectivity index (χ0n) is 20.6. The SMILES string of the molecule is CP(=O)(c1cccc(NC(=O)c2ccc(NCCO)nc2N2CCC3(CC2)CC3)c1)C1CCCC1. The third-order valence-electron chi connectivity index (χ3n) is 8.26. The number of nitrogens with zero attached hydrogens (tertiary/aromatic N) is 2. The zero-order valence-corrected chi connectivity index (χ0v) is 21.5. The Morgan fingerprint density at radius 3 is 2.57 bits per heavy atom. The van der Waals surface area contributed by atoms with E-state index in [4.69, 9.17) is 4.98 Å². The van der Waals surface area contributed by atoms with Gasteiger partial charge in [-0.15, -0.1) is 0 Å². The number of hydrogen-bond acceptors (Lipinski definition) is 6. The van der Waals surface area contributed by atoms with Crippen LogP contribution in [0.5, 0.6) is 0 Å². The van der Waals surface area contributed by atoms with Gasteiger partial charge in [0.15, 0.2) is 0 Å². The van der Waals surface area contributed by atoms with Crippen molar-refractivity contribution >= 4 is 35.7 Å². The second kappa shape index (κ2) is 9.94. The van der Waals surface area contributed by atoms with Crippen LogP contribution in [0.2, 0.25) is 0 Å². The number of piperidine rings is 1. The predicted molar refractivity (Wildman–Crippen MR) is 143 cm³/mol. The van der Waals surface area contributed by atoms with E-state index in [2.05, 4.69) is 15.5 Å². The number of pyridine rings is 1. The van der Waals surface area contributed by atoms with Crippen molar-refractivity contribution in [3.05, 3.63) is 42.0 Å². The van der Waals surface area contributed by atoms with Gasteiger partial charge in [0.1, 0.15) is 18.8 Å². The monoisotopic (exact) mass is 496 g/mol. The normalized spacial score (nSPS) is 21.0. The largest absolute Gasteiger partial charge is 0.395 e. The van der Waals surface area contributed by atoms with Crippen LogP contribution in [0.3, 0.4) is 0 Å². The number of hydrogen-bond donors (Lipinski definition) is 3. The summed E-state index contributed by atoms with van der Waals surface area (Å²) in [6.45, 7) is 4.11. The Labute approximate surface area is 208 Å². The van der Waals surface area contributed by atoms with Gasteiger partial charge >= 0.3 is 0 Å². The summed E-state index contributed by atoms with van der Waals surface area (Å²) in [7, 11) is -2.49. The Kier molecular flexibility index (Phi) is 6.91. The fraction of sp³-hybridized carbons (Fsp3) is 0.556. The number of benzene rings is 1. The summed E-state index contributed by atoms with van der Waals surface area (Å²) < 4.78 is 13.6. The van der Waals surface area contributed by atoms with Crippen LogP contribution in [0.15, 0.2) is 36.4 Å². The highest BCUT2D eigenvalue weighted by Gasteiger charge is 2.45. The topological polar surface area (TPSA) is 94.6 Å². The molecule has 1 aromatic heterocycles. The van der Waals surface area contributed by atoms with Gasteiger partial charge in [-0.2, -0.15) is 0 Å². The maximum atomic E-state index is 13.6. The van der Waals surface area contributed by atoms with Gasteiger partial charge in [-0.3, -0.25) is 4.79 Å². The van der Waals surface area contributed by atoms with Gasteiger partial charge in [-0.05, 0) is 74.9 Å². The molecule has 3 N–H and O–H groups in total. The van der Waals surface area contributed by atoms with Gasteiger partial charge in [0.25, 0.3) is 5.91 Å². The van der Waals surface area contributed by atoms with E-state index in [0.29, 0.717) is 34.8 Å². The molecule has 2 aliphatic carbocycles. The molecule has 7 nitrogen and oxygen atoms in total. The molecule has 2 heterocycles. The van der Waals surface area contributed by atoms with Crippen LogP contribution in [0.4, 0.5) is 17.3 Å². The molecule has 188 valence electrons. The molecule has 2 saturated carbocycles. The van der Waals surface area contributed by atoms with E-state index >= 15 is 0 Å². The summed E-state index contributed by atoms with van der Waals surface area (Å²) in [6, 6.07) is 11.2. The van der Waals surface area contributed by atoms with E-state index in [9.17, 15) is 14.5 Å². The first kappa shape index (κ1) is 24.3. The number of rotatable bonds is 8. The molecule has 2 aromatic rings. The van der Waals surface area contributed by atoms with Crippen molar-refractivity contribution in [2.75, 3.05) is 48.4 Å². The average Bonchev–Trinajstić information content (AvgIpc) is 3.38. The van der Waals surface area contributed by atoms with Gasteiger partial charge in [0.2, 0.25) is 0 Å². The first-order valence-corrected chi connectivity index (χ1v) is 15.2. The lowest BCUT2D eigenvalue weighted by atomic mass is 9.93. The molecule has 0 bridgehead atoms. The van der Waals surface area contributed by atoms with E-state index in [-0.39, 0.29) is 18.2 Å². The summed E-state index contributed by atoms with van der Waals surface area (Å²) in [6.07, 6.45) is 9.25. The van der Waals surface area contributed by atoms with Crippen molar-refractivity contribution in [3.63, 3.8) is 0 Å². The number of nitrogens with one attached hydrogen (secondary N) is 2. The molecule has 3 aliphatic rings. The number of aromatic nitrogens is 1. The molecule has 1 aromatic carbocycles. The first-order chi connectivity index (χ1) is 16.9. The predicted octanol–water partition coefficient (Wildman–Crippen LogP) is 4.68. The van der Waals surface area contributed by atoms with E-state index < -0.39 is 7.14 Å². The number of carbonyl (C=O) groups excluding carboxylic acids is 1. The summed E-state index contributed by atoms with van der Waals surface area (Å²) >= 11 is 0. The summed E-state index contributed by atoms with van der Waals surface area (Å²) in [4.78, 5) is 20.4. The summed E-state index contributed by atoms with van der Waals surface area (Å²) in [5.41, 5.74) is 1.97. The van der Waals surface area contributed by atoms with Gasteiger partial charge in [0, 0.05) is 36.3 Å². The number of anilines is 3. The second-order valence-corrected chi connectivity index (χ2v) is 13.9.